The first-order valence-electron chi connectivity index (χ1n) is 4.27. The second-order valence-electron chi connectivity index (χ2n) is 2.98. The fourth-order valence-corrected chi connectivity index (χ4v) is 1.42. The molecule has 13 heavy (non-hydrogen) atoms. The third-order valence-corrected chi connectivity index (χ3v) is 2.11. The fraction of sp³-hybridized carbons (Fsp3) is 0.200. The monoisotopic (exact) mass is 176 g/mol. The minimum atomic E-state index is 0.0447. The van der Waals surface area contributed by atoms with Crippen molar-refractivity contribution in [2.75, 3.05) is 0 Å². The molecule has 0 spiro atoms. The highest BCUT2D eigenvalue weighted by molar-refractivity contribution is 5.16. The smallest absolute Gasteiger partial charge is 0.119 e. The maximum Gasteiger partial charge on any atom is 0.119 e. The summed E-state index contributed by atoms with van der Waals surface area (Å²) >= 11 is 0. The van der Waals surface area contributed by atoms with Crippen LogP contribution in [0.25, 0.3) is 0 Å². The SMILES string of the molecule is OCn1cccc1Cc1ccc[nH]1. The molecule has 0 aliphatic carbocycles. The first-order valence-corrected chi connectivity index (χ1v) is 4.27. The van der Waals surface area contributed by atoms with Crippen molar-refractivity contribution in [1.29, 1.82) is 0 Å². The van der Waals surface area contributed by atoms with E-state index in [-0.39, 0.29) is 6.73 Å². The summed E-state index contributed by atoms with van der Waals surface area (Å²) in [6, 6.07) is 7.96. The van der Waals surface area contributed by atoms with Crippen LogP contribution in [0.15, 0.2) is 36.7 Å². The van der Waals surface area contributed by atoms with E-state index in [1.54, 1.807) is 0 Å². The van der Waals surface area contributed by atoms with Gasteiger partial charge in [0.05, 0.1) is 0 Å². The molecule has 0 unspecified atom stereocenters. The molecule has 2 heterocycles. The zero-order valence-electron chi connectivity index (χ0n) is 7.27. The van der Waals surface area contributed by atoms with E-state index in [1.165, 1.54) is 0 Å². The van der Waals surface area contributed by atoms with Gasteiger partial charge in [-0.05, 0) is 24.3 Å². The van der Waals surface area contributed by atoms with Gasteiger partial charge in [0.2, 0.25) is 0 Å². The van der Waals surface area contributed by atoms with Crippen molar-refractivity contribution in [1.82, 2.24) is 9.55 Å². The van der Waals surface area contributed by atoms with Crippen molar-refractivity contribution in [2.24, 2.45) is 0 Å². The molecular weight excluding hydrogens is 164 g/mol. The molecule has 2 aromatic rings. The predicted octanol–water partition coefficient (Wildman–Crippen LogP) is 1.36. The van der Waals surface area contributed by atoms with Crippen LogP contribution in [0.3, 0.4) is 0 Å². The Bertz CT molecular complexity index is 362. The van der Waals surface area contributed by atoms with Gasteiger partial charge in [-0.3, -0.25) is 0 Å². The Labute approximate surface area is 76.6 Å². The quantitative estimate of drug-likeness (QED) is 0.728. The molecule has 3 nitrogen and oxygen atoms in total. The van der Waals surface area contributed by atoms with E-state index >= 15 is 0 Å². The number of hydrogen-bond donors (Lipinski definition) is 2. The molecule has 2 aromatic heterocycles. The van der Waals surface area contributed by atoms with E-state index in [1.807, 2.05) is 41.2 Å². The molecular formula is C10H12N2O. The number of nitrogens with one attached hydrogen (secondary N) is 1. The topological polar surface area (TPSA) is 41.0 Å². The number of aromatic nitrogens is 2. The van der Waals surface area contributed by atoms with Crippen LogP contribution < -0.4 is 0 Å². The van der Waals surface area contributed by atoms with Crippen LogP contribution in [0.1, 0.15) is 11.4 Å². The molecule has 0 saturated carbocycles. The van der Waals surface area contributed by atoms with Crippen LogP contribution in [-0.2, 0) is 13.2 Å². The van der Waals surface area contributed by atoms with Gasteiger partial charge in [0.25, 0.3) is 0 Å². The first kappa shape index (κ1) is 8.13. The highest BCUT2D eigenvalue weighted by Gasteiger charge is 2.00. The van der Waals surface area contributed by atoms with Crippen molar-refractivity contribution in [2.45, 2.75) is 13.2 Å². The lowest BCUT2D eigenvalue weighted by Gasteiger charge is -2.03. The average molecular weight is 176 g/mol. The van der Waals surface area contributed by atoms with Gasteiger partial charge >= 0.3 is 0 Å². The summed E-state index contributed by atoms with van der Waals surface area (Å²) < 4.78 is 1.82. The molecule has 0 bridgehead atoms. The van der Waals surface area contributed by atoms with E-state index in [9.17, 15) is 0 Å². The van der Waals surface area contributed by atoms with Crippen molar-refractivity contribution in [3.63, 3.8) is 0 Å². The van der Waals surface area contributed by atoms with Gasteiger partial charge in [-0.1, -0.05) is 0 Å². The number of nitrogens with zero attached hydrogens (tertiary/aromatic N) is 1. The molecule has 3 heteroatoms. The Balaban J connectivity index is 2.18. The molecule has 0 aromatic carbocycles. The van der Waals surface area contributed by atoms with Gasteiger partial charge in [-0.25, -0.2) is 0 Å². The zero-order valence-corrected chi connectivity index (χ0v) is 7.27. The number of H-pyrrole nitrogens is 1. The van der Waals surface area contributed by atoms with E-state index in [4.69, 9.17) is 5.11 Å². The lowest BCUT2D eigenvalue weighted by atomic mass is 10.2. The molecule has 68 valence electrons. The van der Waals surface area contributed by atoms with Gasteiger partial charge in [0, 0.05) is 30.2 Å². The molecule has 0 aliphatic heterocycles. The maximum absolute atomic E-state index is 8.99. The Morgan fingerprint density at radius 1 is 1.31 bits per heavy atom. The minimum Gasteiger partial charge on any atom is -0.376 e. The van der Waals surface area contributed by atoms with Gasteiger partial charge < -0.3 is 14.7 Å². The van der Waals surface area contributed by atoms with Gasteiger partial charge in [-0.2, -0.15) is 0 Å². The van der Waals surface area contributed by atoms with Gasteiger partial charge in [0.15, 0.2) is 0 Å². The van der Waals surface area contributed by atoms with E-state index in [2.05, 4.69) is 4.98 Å². The summed E-state index contributed by atoms with van der Waals surface area (Å²) in [6.45, 7) is 0.0447. The van der Waals surface area contributed by atoms with E-state index in [0.717, 1.165) is 17.8 Å². The Morgan fingerprint density at radius 2 is 2.23 bits per heavy atom. The van der Waals surface area contributed by atoms with Gasteiger partial charge in [-0.15, -0.1) is 0 Å². The summed E-state index contributed by atoms with van der Waals surface area (Å²) in [5.41, 5.74) is 2.28. The largest absolute Gasteiger partial charge is 0.376 e. The van der Waals surface area contributed by atoms with Crippen molar-refractivity contribution >= 4 is 0 Å². The Morgan fingerprint density at radius 3 is 2.92 bits per heavy atom. The van der Waals surface area contributed by atoms with Crippen LogP contribution in [0.4, 0.5) is 0 Å². The predicted molar refractivity (Wildman–Crippen MR) is 50.2 cm³/mol. The molecule has 0 fully saturated rings. The number of aliphatic hydroxyl groups is 1. The molecule has 0 aliphatic rings. The summed E-state index contributed by atoms with van der Waals surface area (Å²) in [5.74, 6) is 0. The molecule has 0 amide bonds. The van der Waals surface area contributed by atoms with Crippen LogP contribution in [-0.4, -0.2) is 14.7 Å². The first-order chi connectivity index (χ1) is 6.40. The van der Waals surface area contributed by atoms with Crippen LogP contribution in [0, 0.1) is 0 Å². The lowest BCUT2D eigenvalue weighted by Crippen LogP contribution is -2.01. The van der Waals surface area contributed by atoms with E-state index < -0.39 is 0 Å². The fourth-order valence-electron chi connectivity index (χ4n) is 1.42. The molecule has 0 radical (unpaired) electrons. The number of aliphatic hydroxyl groups excluding tert-OH is 1. The van der Waals surface area contributed by atoms with Crippen molar-refractivity contribution in [3.05, 3.63) is 48.0 Å². The number of aromatic amines is 1. The summed E-state index contributed by atoms with van der Waals surface area (Å²) in [7, 11) is 0. The second kappa shape index (κ2) is 3.49. The van der Waals surface area contributed by atoms with Crippen molar-refractivity contribution < 1.29 is 5.11 Å². The summed E-state index contributed by atoms with van der Waals surface area (Å²) in [6.07, 6.45) is 4.61. The van der Waals surface area contributed by atoms with Gasteiger partial charge in [0.1, 0.15) is 6.73 Å². The third-order valence-electron chi connectivity index (χ3n) is 2.11. The lowest BCUT2D eigenvalue weighted by molar-refractivity contribution is 0.207. The Kier molecular flexibility index (Phi) is 2.19. The summed E-state index contributed by atoms with van der Waals surface area (Å²) in [4.78, 5) is 3.13. The van der Waals surface area contributed by atoms with Crippen molar-refractivity contribution in [3.8, 4) is 0 Å². The molecule has 0 saturated heterocycles. The highest BCUT2D eigenvalue weighted by atomic mass is 16.3. The standard InChI is InChI=1S/C10H12N2O/c13-8-12-6-2-4-10(12)7-9-3-1-5-11-9/h1-6,11,13H,7-8H2. The zero-order chi connectivity index (χ0) is 9.10. The highest BCUT2D eigenvalue weighted by Crippen LogP contribution is 2.07. The van der Waals surface area contributed by atoms with Crippen LogP contribution in [0.5, 0.6) is 0 Å². The second-order valence-corrected chi connectivity index (χ2v) is 2.98. The average Bonchev–Trinajstić information content (AvgIpc) is 2.76. The van der Waals surface area contributed by atoms with E-state index in [0.29, 0.717) is 0 Å². The van der Waals surface area contributed by atoms with Crippen LogP contribution in [0.2, 0.25) is 0 Å². The maximum atomic E-state index is 8.99. The third kappa shape index (κ3) is 1.65. The Hall–Kier alpha value is -1.48. The number of rotatable bonds is 3. The summed E-state index contributed by atoms with van der Waals surface area (Å²) in [5, 5.41) is 8.99. The normalized spacial score (nSPS) is 10.5. The minimum absolute atomic E-state index is 0.0447. The number of hydrogen-bond acceptors (Lipinski definition) is 1. The molecule has 2 N–H and O–H groups in total. The van der Waals surface area contributed by atoms with Crippen LogP contribution >= 0.6 is 0 Å². The molecule has 2 rings (SSSR count). The molecule has 0 atom stereocenters.